The molecule has 2 N–H and O–H groups in total. The van der Waals surface area contributed by atoms with Crippen molar-refractivity contribution in [2.75, 3.05) is 13.6 Å². The largest absolute Gasteiger partial charge is 0.490 e. The van der Waals surface area contributed by atoms with E-state index < -0.39 is 0 Å². The molecule has 0 heterocycles. The highest BCUT2D eigenvalue weighted by molar-refractivity contribution is 5.79. The molecule has 1 saturated carbocycles. The van der Waals surface area contributed by atoms with E-state index in [0.717, 1.165) is 17.3 Å². The van der Waals surface area contributed by atoms with Gasteiger partial charge in [-0.15, -0.1) is 6.58 Å². The van der Waals surface area contributed by atoms with Gasteiger partial charge < -0.3 is 15.4 Å². The number of para-hydroxylation sites is 1. The summed E-state index contributed by atoms with van der Waals surface area (Å²) in [6.07, 6.45) is 7.09. The molecule has 1 aromatic rings. The van der Waals surface area contributed by atoms with Gasteiger partial charge in [-0.1, -0.05) is 24.3 Å². The molecule has 0 unspecified atom stereocenters. The Hall–Kier alpha value is -1.97. The molecule has 1 fully saturated rings. The maximum Gasteiger partial charge on any atom is 0.191 e. The van der Waals surface area contributed by atoms with Gasteiger partial charge in [0, 0.05) is 25.7 Å². The van der Waals surface area contributed by atoms with Crippen LogP contribution in [0.4, 0.5) is 0 Å². The second-order valence-corrected chi connectivity index (χ2v) is 5.23. The van der Waals surface area contributed by atoms with Crippen molar-refractivity contribution < 1.29 is 4.74 Å². The molecule has 2 rings (SSSR count). The summed E-state index contributed by atoms with van der Waals surface area (Å²) in [5.41, 5.74) is 1.16. The molecule has 4 heteroatoms. The third-order valence-corrected chi connectivity index (χ3v) is 3.65. The zero-order chi connectivity index (χ0) is 14.9. The first-order valence-electron chi connectivity index (χ1n) is 7.63. The van der Waals surface area contributed by atoms with Crippen molar-refractivity contribution in [1.82, 2.24) is 10.6 Å². The van der Waals surface area contributed by atoms with Crippen molar-refractivity contribution >= 4 is 5.96 Å². The molecule has 21 heavy (non-hydrogen) atoms. The van der Waals surface area contributed by atoms with E-state index in [1.54, 1.807) is 7.05 Å². The topological polar surface area (TPSA) is 45.7 Å². The fourth-order valence-corrected chi connectivity index (χ4v) is 2.52. The minimum absolute atomic E-state index is 0.379. The van der Waals surface area contributed by atoms with Crippen LogP contribution in [0.2, 0.25) is 0 Å². The van der Waals surface area contributed by atoms with Crippen molar-refractivity contribution in [2.45, 2.75) is 38.3 Å². The molecule has 0 spiro atoms. The molecule has 0 aromatic heterocycles. The number of ether oxygens (including phenoxy) is 1. The maximum absolute atomic E-state index is 6.14. The van der Waals surface area contributed by atoms with Gasteiger partial charge in [0.25, 0.3) is 0 Å². The number of guanidine groups is 1. The van der Waals surface area contributed by atoms with Crippen LogP contribution in [0.3, 0.4) is 0 Å². The quantitative estimate of drug-likeness (QED) is 0.480. The Labute approximate surface area is 127 Å². The molecule has 0 amide bonds. The normalized spacial score (nSPS) is 15.8. The van der Waals surface area contributed by atoms with Crippen LogP contribution in [-0.2, 0) is 6.54 Å². The van der Waals surface area contributed by atoms with E-state index in [1.165, 1.54) is 25.7 Å². The number of nitrogens with zero attached hydrogens (tertiary/aromatic N) is 1. The third kappa shape index (κ3) is 4.81. The standard InChI is InChI=1S/C17H25N3O/c1-3-12-19-17(18-2)20-13-14-8-4-7-11-16(14)21-15-9-5-6-10-15/h3-4,7-8,11,15H,1,5-6,9-10,12-13H2,2H3,(H2,18,19,20). The SMILES string of the molecule is C=CCNC(=NC)NCc1ccccc1OC1CCCC1. The van der Waals surface area contributed by atoms with Gasteiger partial charge in [-0.25, -0.2) is 0 Å². The van der Waals surface area contributed by atoms with Crippen molar-refractivity contribution in [3.63, 3.8) is 0 Å². The molecular formula is C17H25N3O. The lowest BCUT2D eigenvalue weighted by atomic mass is 10.2. The number of hydrogen-bond acceptors (Lipinski definition) is 2. The Morgan fingerprint density at radius 1 is 1.33 bits per heavy atom. The zero-order valence-electron chi connectivity index (χ0n) is 12.8. The number of hydrogen-bond donors (Lipinski definition) is 2. The molecule has 0 aliphatic heterocycles. The molecule has 1 aliphatic carbocycles. The molecule has 0 bridgehead atoms. The van der Waals surface area contributed by atoms with Gasteiger partial charge in [-0.3, -0.25) is 4.99 Å². The van der Waals surface area contributed by atoms with Crippen LogP contribution in [0.1, 0.15) is 31.2 Å². The molecule has 114 valence electrons. The minimum Gasteiger partial charge on any atom is -0.490 e. The lowest BCUT2D eigenvalue weighted by Gasteiger charge is -2.17. The van der Waals surface area contributed by atoms with Crippen molar-refractivity contribution in [3.8, 4) is 5.75 Å². The van der Waals surface area contributed by atoms with E-state index in [0.29, 0.717) is 19.2 Å². The predicted octanol–water partition coefficient (Wildman–Crippen LogP) is 2.86. The molecule has 0 saturated heterocycles. The van der Waals surface area contributed by atoms with Gasteiger partial charge in [-0.2, -0.15) is 0 Å². The Morgan fingerprint density at radius 3 is 2.81 bits per heavy atom. The Balaban J connectivity index is 1.94. The van der Waals surface area contributed by atoms with E-state index in [-0.39, 0.29) is 0 Å². The van der Waals surface area contributed by atoms with Gasteiger partial charge in [0.1, 0.15) is 5.75 Å². The van der Waals surface area contributed by atoms with Gasteiger partial charge >= 0.3 is 0 Å². The molecule has 4 nitrogen and oxygen atoms in total. The number of rotatable bonds is 6. The summed E-state index contributed by atoms with van der Waals surface area (Å²) in [6, 6.07) is 8.21. The fourth-order valence-electron chi connectivity index (χ4n) is 2.52. The summed E-state index contributed by atoms with van der Waals surface area (Å²) in [6.45, 7) is 5.08. The number of aliphatic imine (C=N–C) groups is 1. The Kier molecular flexibility index (Phi) is 6.13. The van der Waals surface area contributed by atoms with Gasteiger partial charge in [-0.05, 0) is 31.7 Å². The van der Waals surface area contributed by atoms with Crippen LogP contribution in [0, 0.1) is 0 Å². The molecule has 1 aliphatic rings. The lowest BCUT2D eigenvalue weighted by Crippen LogP contribution is -2.36. The third-order valence-electron chi connectivity index (χ3n) is 3.65. The second kappa shape index (κ2) is 8.35. The van der Waals surface area contributed by atoms with E-state index in [1.807, 2.05) is 18.2 Å². The predicted molar refractivity (Wildman–Crippen MR) is 87.7 cm³/mol. The minimum atomic E-state index is 0.379. The van der Waals surface area contributed by atoms with Crippen LogP contribution in [0.25, 0.3) is 0 Å². The van der Waals surface area contributed by atoms with Crippen molar-refractivity contribution in [1.29, 1.82) is 0 Å². The van der Waals surface area contributed by atoms with Gasteiger partial charge in [0.2, 0.25) is 0 Å². The summed E-state index contributed by atoms with van der Waals surface area (Å²) in [5, 5.41) is 6.46. The van der Waals surface area contributed by atoms with E-state index >= 15 is 0 Å². The fraction of sp³-hybridized carbons (Fsp3) is 0.471. The summed E-state index contributed by atoms with van der Waals surface area (Å²) < 4.78 is 6.14. The highest BCUT2D eigenvalue weighted by Gasteiger charge is 2.17. The molecular weight excluding hydrogens is 262 g/mol. The highest BCUT2D eigenvalue weighted by Crippen LogP contribution is 2.26. The average molecular weight is 287 g/mol. The van der Waals surface area contributed by atoms with E-state index in [9.17, 15) is 0 Å². The Bertz CT molecular complexity index is 479. The monoisotopic (exact) mass is 287 g/mol. The summed E-state index contributed by atoms with van der Waals surface area (Å²) in [4.78, 5) is 4.18. The summed E-state index contributed by atoms with van der Waals surface area (Å²) in [5.74, 6) is 1.75. The highest BCUT2D eigenvalue weighted by atomic mass is 16.5. The summed E-state index contributed by atoms with van der Waals surface area (Å²) in [7, 11) is 1.76. The summed E-state index contributed by atoms with van der Waals surface area (Å²) >= 11 is 0. The van der Waals surface area contributed by atoms with E-state index in [2.05, 4.69) is 34.3 Å². The number of nitrogens with one attached hydrogen (secondary N) is 2. The van der Waals surface area contributed by atoms with Crippen molar-refractivity contribution in [2.24, 2.45) is 4.99 Å². The van der Waals surface area contributed by atoms with E-state index in [4.69, 9.17) is 4.74 Å². The molecule has 0 atom stereocenters. The van der Waals surface area contributed by atoms with Gasteiger partial charge in [0.15, 0.2) is 5.96 Å². The first kappa shape index (κ1) is 15.4. The number of benzene rings is 1. The maximum atomic E-state index is 6.14. The lowest BCUT2D eigenvalue weighted by molar-refractivity contribution is 0.208. The smallest absolute Gasteiger partial charge is 0.191 e. The van der Waals surface area contributed by atoms with Crippen LogP contribution >= 0.6 is 0 Å². The van der Waals surface area contributed by atoms with Crippen LogP contribution in [0.15, 0.2) is 41.9 Å². The van der Waals surface area contributed by atoms with Crippen molar-refractivity contribution in [3.05, 3.63) is 42.5 Å². The first-order chi connectivity index (χ1) is 10.3. The first-order valence-corrected chi connectivity index (χ1v) is 7.63. The van der Waals surface area contributed by atoms with Crippen LogP contribution in [-0.4, -0.2) is 25.7 Å². The van der Waals surface area contributed by atoms with Crippen LogP contribution < -0.4 is 15.4 Å². The molecule has 0 radical (unpaired) electrons. The molecule has 1 aromatic carbocycles. The average Bonchev–Trinajstić information content (AvgIpc) is 3.02. The Morgan fingerprint density at radius 2 is 2.10 bits per heavy atom. The van der Waals surface area contributed by atoms with Crippen LogP contribution in [0.5, 0.6) is 5.75 Å². The zero-order valence-corrected chi connectivity index (χ0v) is 12.8. The van der Waals surface area contributed by atoms with Gasteiger partial charge in [0.05, 0.1) is 6.10 Å². The second-order valence-electron chi connectivity index (χ2n) is 5.23.